The Balaban J connectivity index is 0.00000200. The van der Waals surface area contributed by atoms with Crippen molar-refractivity contribution < 1.29 is 9.13 Å². The first-order valence-corrected chi connectivity index (χ1v) is 6.75. The average molecular weight is 393 g/mol. The van der Waals surface area contributed by atoms with Gasteiger partial charge in [-0.3, -0.25) is 4.99 Å². The molecule has 0 bridgehead atoms. The molecule has 0 fully saturated rings. The Labute approximate surface area is 136 Å². The molecule has 1 aromatic carbocycles. The van der Waals surface area contributed by atoms with Crippen LogP contribution >= 0.6 is 24.0 Å². The van der Waals surface area contributed by atoms with Gasteiger partial charge in [-0.25, -0.2) is 4.39 Å². The Bertz CT molecular complexity index is 411. The molecule has 1 aliphatic heterocycles. The van der Waals surface area contributed by atoms with Crippen LogP contribution in [0.4, 0.5) is 4.39 Å². The first-order valence-electron chi connectivity index (χ1n) is 6.75. The molecule has 0 spiro atoms. The summed E-state index contributed by atoms with van der Waals surface area (Å²) in [6, 6.07) is 6.11. The number of nitrogens with one attached hydrogen (secondary N) is 2. The van der Waals surface area contributed by atoms with Crippen molar-refractivity contribution in [3.05, 3.63) is 30.1 Å². The molecule has 0 aliphatic carbocycles. The van der Waals surface area contributed by atoms with Gasteiger partial charge in [0, 0.05) is 19.6 Å². The van der Waals surface area contributed by atoms with E-state index in [0.717, 1.165) is 44.9 Å². The third-order valence-electron chi connectivity index (χ3n) is 2.84. The summed E-state index contributed by atoms with van der Waals surface area (Å²) in [5.74, 6) is 1.38. The number of unbranched alkanes of at least 4 members (excludes halogenated alkanes) is 1. The lowest BCUT2D eigenvalue weighted by Crippen LogP contribution is -2.41. The molecule has 0 aromatic heterocycles. The highest BCUT2D eigenvalue weighted by Gasteiger charge is 2.01. The zero-order valence-corrected chi connectivity index (χ0v) is 13.7. The topological polar surface area (TPSA) is 45.6 Å². The first-order chi connectivity index (χ1) is 9.34. The van der Waals surface area contributed by atoms with E-state index in [2.05, 4.69) is 15.6 Å². The molecule has 112 valence electrons. The summed E-state index contributed by atoms with van der Waals surface area (Å²) in [5, 5.41) is 6.47. The molecule has 0 atom stereocenters. The number of halogens is 2. The summed E-state index contributed by atoms with van der Waals surface area (Å²) in [5.41, 5.74) is 0. The number of nitrogens with zero attached hydrogens (tertiary/aromatic N) is 1. The number of aliphatic imine (C=N–C) groups is 1. The second-order valence-corrected chi connectivity index (χ2v) is 4.45. The van der Waals surface area contributed by atoms with Gasteiger partial charge in [-0.2, -0.15) is 0 Å². The standard InChI is InChI=1S/C14H20FN3O.HI/c15-12-4-6-13(7-5-12)19-11-2-1-8-16-14-17-9-3-10-18-14;/h4-7H,1-3,8-11H2,(H2,16,17,18);1H. The van der Waals surface area contributed by atoms with Gasteiger partial charge in [0.2, 0.25) is 0 Å². The fraction of sp³-hybridized carbons (Fsp3) is 0.500. The minimum Gasteiger partial charge on any atom is -0.494 e. The van der Waals surface area contributed by atoms with E-state index >= 15 is 0 Å². The van der Waals surface area contributed by atoms with E-state index in [9.17, 15) is 4.39 Å². The van der Waals surface area contributed by atoms with E-state index in [1.54, 1.807) is 12.1 Å². The van der Waals surface area contributed by atoms with Gasteiger partial charge in [0.1, 0.15) is 11.6 Å². The molecule has 20 heavy (non-hydrogen) atoms. The van der Waals surface area contributed by atoms with Crippen molar-refractivity contribution in [1.29, 1.82) is 0 Å². The van der Waals surface area contributed by atoms with Crippen LogP contribution in [0.25, 0.3) is 0 Å². The molecule has 0 saturated carbocycles. The van der Waals surface area contributed by atoms with Crippen molar-refractivity contribution in [1.82, 2.24) is 10.6 Å². The van der Waals surface area contributed by atoms with Crippen LogP contribution in [0.3, 0.4) is 0 Å². The number of hydrogen-bond donors (Lipinski definition) is 2. The molecule has 0 amide bonds. The van der Waals surface area contributed by atoms with E-state index < -0.39 is 0 Å². The molecule has 0 saturated heterocycles. The van der Waals surface area contributed by atoms with Crippen LogP contribution in [0.2, 0.25) is 0 Å². The van der Waals surface area contributed by atoms with Crippen LogP contribution in [0, 0.1) is 5.82 Å². The Morgan fingerprint density at radius 3 is 2.75 bits per heavy atom. The van der Waals surface area contributed by atoms with Crippen LogP contribution in [0.15, 0.2) is 29.3 Å². The summed E-state index contributed by atoms with van der Waals surface area (Å²) >= 11 is 0. The van der Waals surface area contributed by atoms with Crippen LogP contribution in [0.1, 0.15) is 19.3 Å². The van der Waals surface area contributed by atoms with Gasteiger partial charge in [-0.15, -0.1) is 24.0 Å². The Morgan fingerprint density at radius 1 is 1.25 bits per heavy atom. The highest BCUT2D eigenvalue weighted by molar-refractivity contribution is 14.0. The smallest absolute Gasteiger partial charge is 0.191 e. The monoisotopic (exact) mass is 393 g/mol. The maximum atomic E-state index is 12.7. The van der Waals surface area contributed by atoms with Crippen molar-refractivity contribution in [2.75, 3.05) is 26.2 Å². The second kappa shape index (κ2) is 9.79. The average Bonchev–Trinajstić information content (AvgIpc) is 2.46. The molecule has 1 aromatic rings. The fourth-order valence-electron chi connectivity index (χ4n) is 1.81. The fourth-order valence-corrected chi connectivity index (χ4v) is 1.81. The molecule has 2 N–H and O–H groups in total. The van der Waals surface area contributed by atoms with Gasteiger partial charge in [0.15, 0.2) is 5.96 Å². The number of benzene rings is 1. The highest BCUT2D eigenvalue weighted by atomic mass is 127. The third kappa shape index (κ3) is 6.40. The van der Waals surface area contributed by atoms with E-state index in [1.165, 1.54) is 12.1 Å². The maximum absolute atomic E-state index is 12.7. The Hall–Kier alpha value is -1.05. The van der Waals surface area contributed by atoms with Gasteiger partial charge in [-0.05, 0) is 43.5 Å². The molecule has 0 unspecified atom stereocenters. The van der Waals surface area contributed by atoms with Crippen molar-refractivity contribution in [2.45, 2.75) is 19.3 Å². The SMILES string of the molecule is Fc1ccc(OCCCCNC2=NCCCN2)cc1.I. The zero-order chi connectivity index (χ0) is 13.3. The minimum absolute atomic E-state index is 0. The third-order valence-corrected chi connectivity index (χ3v) is 2.84. The lowest BCUT2D eigenvalue weighted by Gasteiger charge is -2.15. The predicted octanol–water partition coefficient (Wildman–Crippen LogP) is 2.54. The van der Waals surface area contributed by atoms with Crippen LogP contribution in [-0.2, 0) is 0 Å². The van der Waals surface area contributed by atoms with E-state index in [4.69, 9.17) is 4.74 Å². The summed E-state index contributed by atoms with van der Waals surface area (Å²) in [4.78, 5) is 4.33. The van der Waals surface area contributed by atoms with Crippen molar-refractivity contribution in [3.63, 3.8) is 0 Å². The van der Waals surface area contributed by atoms with E-state index in [0.29, 0.717) is 12.4 Å². The largest absolute Gasteiger partial charge is 0.494 e. The minimum atomic E-state index is -0.239. The number of ether oxygens (including phenoxy) is 1. The number of guanidine groups is 1. The molecule has 1 aliphatic rings. The molecule has 2 rings (SSSR count). The van der Waals surface area contributed by atoms with Crippen molar-refractivity contribution in [2.24, 2.45) is 4.99 Å². The van der Waals surface area contributed by atoms with Crippen LogP contribution in [-0.4, -0.2) is 32.2 Å². The van der Waals surface area contributed by atoms with Crippen LogP contribution < -0.4 is 15.4 Å². The Morgan fingerprint density at radius 2 is 2.05 bits per heavy atom. The molecule has 1 heterocycles. The number of rotatable bonds is 6. The van der Waals surface area contributed by atoms with Crippen LogP contribution in [0.5, 0.6) is 5.75 Å². The van der Waals surface area contributed by atoms with Gasteiger partial charge in [0.25, 0.3) is 0 Å². The summed E-state index contributed by atoms with van der Waals surface area (Å²) < 4.78 is 18.2. The maximum Gasteiger partial charge on any atom is 0.191 e. The molecule has 4 nitrogen and oxygen atoms in total. The van der Waals surface area contributed by atoms with Gasteiger partial charge >= 0.3 is 0 Å². The van der Waals surface area contributed by atoms with Gasteiger partial charge in [-0.1, -0.05) is 0 Å². The number of hydrogen-bond acceptors (Lipinski definition) is 4. The van der Waals surface area contributed by atoms with Gasteiger partial charge in [0.05, 0.1) is 6.61 Å². The van der Waals surface area contributed by atoms with Crippen molar-refractivity contribution >= 4 is 29.9 Å². The first kappa shape index (κ1) is 17.0. The molecular formula is C14H21FIN3O. The molecule has 6 heteroatoms. The van der Waals surface area contributed by atoms with Crippen molar-refractivity contribution in [3.8, 4) is 5.75 Å². The summed E-state index contributed by atoms with van der Waals surface area (Å²) in [6.45, 7) is 3.44. The summed E-state index contributed by atoms with van der Waals surface area (Å²) in [7, 11) is 0. The van der Waals surface area contributed by atoms with E-state index in [-0.39, 0.29) is 29.8 Å². The second-order valence-electron chi connectivity index (χ2n) is 4.45. The highest BCUT2D eigenvalue weighted by Crippen LogP contribution is 2.11. The Kier molecular flexibility index (Phi) is 8.32. The molecular weight excluding hydrogens is 372 g/mol. The normalized spacial score (nSPS) is 13.8. The zero-order valence-electron chi connectivity index (χ0n) is 11.4. The summed E-state index contributed by atoms with van der Waals surface area (Å²) in [6.07, 6.45) is 3.08. The quantitative estimate of drug-likeness (QED) is 0.577. The predicted molar refractivity (Wildman–Crippen MR) is 89.5 cm³/mol. The molecule has 0 radical (unpaired) electrons. The van der Waals surface area contributed by atoms with E-state index in [1.807, 2.05) is 0 Å². The lowest BCUT2D eigenvalue weighted by molar-refractivity contribution is 0.306. The van der Waals surface area contributed by atoms with Gasteiger partial charge < -0.3 is 15.4 Å². The lowest BCUT2D eigenvalue weighted by atomic mass is 10.3.